The molecule has 1 aliphatic carbocycles. The van der Waals surface area contributed by atoms with Gasteiger partial charge in [-0.15, -0.1) is 11.3 Å². The highest BCUT2D eigenvalue weighted by atomic mass is 32.2. The van der Waals surface area contributed by atoms with Crippen molar-refractivity contribution in [2.45, 2.75) is 36.7 Å². The molecule has 0 aliphatic heterocycles. The summed E-state index contributed by atoms with van der Waals surface area (Å²) < 4.78 is 26.7. The lowest BCUT2D eigenvalue weighted by Gasteiger charge is -2.04. The minimum atomic E-state index is -3.32. The van der Waals surface area contributed by atoms with Gasteiger partial charge in [0.05, 0.1) is 4.90 Å². The summed E-state index contributed by atoms with van der Waals surface area (Å²) in [5.41, 5.74) is 0. The zero-order valence-electron chi connectivity index (χ0n) is 11.0. The molecule has 1 fully saturated rings. The molecule has 0 bridgehead atoms. The molecule has 7 heteroatoms. The molecule has 0 radical (unpaired) electrons. The van der Waals surface area contributed by atoms with Crippen LogP contribution in [0.4, 0.5) is 0 Å². The molecular weight excluding hydrogens is 300 g/mol. The fourth-order valence-corrected chi connectivity index (χ4v) is 4.37. The number of nitrogens with one attached hydrogen (secondary N) is 2. The first kappa shape index (κ1) is 15.3. The molecule has 1 aliphatic rings. The molecular formula is C12H20N2O2S3. The van der Waals surface area contributed by atoms with Crippen LogP contribution in [0.5, 0.6) is 0 Å². The van der Waals surface area contributed by atoms with Gasteiger partial charge in [-0.3, -0.25) is 0 Å². The van der Waals surface area contributed by atoms with Crippen LogP contribution >= 0.6 is 23.1 Å². The third kappa shape index (κ3) is 5.07. The molecule has 2 N–H and O–H groups in total. The van der Waals surface area contributed by atoms with Gasteiger partial charge in [0.15, 0.2) is 0 Å². The summed E-state index contributed by atoms with van der Waals surface area (Å²) in [6.07, 6.45) is 5.37. The number of thioether (sulfide) groups is 1. The van der Waals surface area contributed by atoms with Gasteiger partial charge in [0.2, 0.25) is 10.0 Å². The van der Waals surface area contributed by atoms with Crippen LogP contribution in [0.1, 0.15) is 24.1 Å². The maximum Gasteiger partial charge on any atom is 0.241 e. The molecule has 1 aromatic heterocycles. The SMILES string of the molecule is CSCCCNS(=O)(=O)c1csc(CNC2CC2)c1. The minimum absolute atomic E-state index is 0.397. The number of sulfonamides is 1. The summed E-state index contributed by atoms with van der Waals surface area (Å²) in [5, 5.41) is 5.11. The first-order valence-corrected chi connectivity index (χ1v) is 10.2. The molecule has 0 amide bonds. The molecule has 0 spiro atoms. The Morgan fingerprint density at radius 3 is 2.95 bits per heavy atom. The maximum atomic E-state index is 12.0. The minimum Gasteiger partial charge on any atom is -0.309 e. The summed E-state index contributed by atoms with van der Waals surface area (Å²) in [5.74, 6) is 0.975. The standard InChI is InChI=1S/C12H20N2O2S3/c1-17-6-2-5-14-19(15,16)12-7-11(18-9-12)8-13-10-3-4-10/h7,9-10,13-14H,2-6,8H2,1H3. The van der Waals surface area contributed by atoms with Gasteiger partial charge in [-0.2, -0.15) is 11.8 Å². The predicted octanol–water partition coefficient (Wildman–Crippen LogP) is 2.03. The topological polar surface area (TPSA) is 58.2 Å². The lowest BCUT2D eigenvalue weighted by atomic mass is 10.4. The average Bonchev–Trinajstić information content (AvgIpc) is 3.08. The summed E-state index contributed by atoms with van der Waals surface area (Å²) in [6.45, 7) is 1.28. The largest absolute Gasteiger partial charge is 0.309 e. The van der Waals surface area contributed by atoms with Gasteiger partial charge in [-0.1, -0.05) is 0 Å². The van der Waals surface area contributed by atoms with Crippen molar-refractivity contribution in [2.24, 2.45) is 0 Å². The second-order valence-electron chi connectivity index (χ2n) is 4.65. The third-order valence-corrected chi connectivity index (χ3v) is 6.12. The van der Waals surface area contributed by atoms with Crippen molar-refractivity contribution >= 4 is 33.1 Å². The number of hydrogen-bond acceptors (Lipinski definition) is 5. The van der Waals surface area contributed by atoms with Crippen LogP contribution in [-0.4, -0.2) is 33.0 Å². The summed E-state index contributed by atoms with van der Waals surface area (Å²) in [7, 11) is -3.32. The van der Waals surface area contributed by atoms with Crippen molar-refractivity contribution in [2.75, 3.05) is 18.6 Å². The second kappa shape index (κ2) is 7.08. The Hall–Kier alpha value is -0.0800. The zero-order valence-corrected chi connectivity index (χ0v) is 13.5. The van der Waals surface area contributed by atoms with Crippen LogP contribution in [-0.2, 0) is 16.6 Å². The van der Waals surface area contributed by atoms with Gasteiger partial charge in [-0.25, -0.2) is 13.1 Å². The molecule has 19 heavy (non-hydrogen) atoms. The fourth-order valence-electron chi connectivity index (χ4n) is 1.63. The molecule has 108 valence electrons. The van der Waals surface area contributed by atoms with Crippen LogP contribution in [0, 0.1) is 0 Å². The Labute approximate surface area is 123 Å². The van der Waals surface area contributed by atoms with Crippen molar-refractivity contribution in [1.29, 1.82) is 0 Å². The first-order valence-electron chi connectivity index (χ1n) is 6.41. The normalized spacial score (nSPS) is 15.8. The smallest absolute Gasteiger partial charge is 0.241 e. The van der Waals surface area contributed by atoms with E-state index in [-0.39, 0.29) is 0 Å². The second-order valence-corrected chi connectivity index (χ2v) is 8.40. The van der Waals surface area contributed by atoms with E-state index in [4.69, 9.17) is 0 Å². The van der Waals surface area contributed by atoms with E-state index in [9.17, 15) is 8.42 Å². The van der Waals surface area contributed by atoms with E-state index < -0.39 is 10.0 Å². The van der Waals surface area contributed by atoms with Gasteiger partial charge >= 0.3 is 0 Å². The molecule has 4 nitrogen and oxygen atoms in total. The van der Waals surface area contributed by atoms with Crippen LogP contribution in [0.2, 0.25) is 0 Å². The van der Waals surface area contributed by atoms with Crippen molar-refractivity contribution < 1.29 is 8.42 Å². The third-order valence-electron chi connectivity index (χ3n) is 2.90. The average molecular weight is 321 g/mol. The Bertz CT molecular complexity index is 495. The summed E-state index contributed by atoms with van der Waals surface area (Å²) >= 11 is 3.23. The monoisotopic (exact) mass is 320 g/mol. The lowest BCUT2D eigenvalue weighted by Crippen LogP contribution is -2.24. The van der Waals surface area contributed by atoms with E-state index in [0.717, 1.165) is 23.6 Å². The van der Waals surface area contributed by atoms with Crippen molar-refractivity contribution in [3.05, 3.63) is 16.3 Å². The maximum absolute atomic E-state index is 12.0. The number of thiophene rings is 1. The molecule has 1 aromatic rings. The number of hydrogen-bond donors (Lipinski definition) is 2. The Morgan fingerprint density at radius 1 is 1.47 bits per heavy atom. The highest BCUT2D eigenvalue weighted by Gasteiger charge is 2.21. The molecule has 0 atom stereocenters. The van der Waals surface area contributed by atoms with Gasteiger partial charge in [0.1, 0.15) is 0 Å². The van der Waals surface area contributed by atoms with Crippen LogP contribution in [0.15, 0.2) is 16.3 Å². The van der Waals surface area contributed by atoms with Crippen molar-refractivity contribution in [3.8, 4) is 0 Å². The van der Waals surface area contributed by atoms with E-state index in [1.165, 1.54) is 24.2 Å². The zero-order chi connectivity index (χ0) is 13.7. The summed E-state index contributed by atoms with van der Waals surface area (Å²) in [4.78, 5) is 1.48. The van der Waals surface area contributed by atoms with Crippen molar-refractivity contribution in [1.82, 2.24) is 10.0 Å². The van der Waals surface area contributed by atoms with E-state index >= 15 is 0 Å². The van der Waals surface area contributed by atoms with Crippen LogP contribution in [0.25, 0.3) is 0 Å². The molecule has 1 saturated carbocycles. The predicted molar refractivity (Wildman–Crippen MR) is 82.4 cm³/mol. The van der Waals surface area contributed by atoms with E-state index in [1.54, 1.807) is 23.2 Å². The molecule has 0 saturated heterocycles. The molecule has 1 heterocycles. The van der Waals surface area contributed by atoms with E-state index in [2.05, 4.69) is 10.0 Å². The van der Waals surface area contributed by atoms with Gasteiger partial charge in [0, 0.05) is 29.4 Å². The Balaban J connectivity index is 1.84. The highest BCUT2D eigenvalue weighted by molar-refractivity contribution is 7.98. The fraction of sp³-hybridized carbons (Fsp3) is 0.667. The number of rotatable bonds is 9. The van der Waals surface area contributed by atoms with Gasteiger partial charge in [0.25, 0.3) is 0 Å². The Morgan fingerprint density at radius 2 is 2.26 bits per heavy atom. The lowest BCUT2D eigenvalue weighted by molar-refractivity contribution is 0.581. The quantitative estimate of drug-likeness (QED) is 0.684. The van der Waals surface area contributed by atoms with Crippen LogP contribution in [0.3, 0.4) is 0 Å². The van der Waals surface area contributed by atoms with E-state index in [1.807, 2.05) is 6.26 Å². The van der Waals surface area contributed by atoms with Crippen LogP contribution < -0.4 is 10.0 Å². The summed E-state index contributed by atoms with van der Waals surface area (Å²) in [6, 6.07) is 2.42. The highest BCUT2D eigenvalue weighted by Crippen LogP contribution is 2.22. The Kier molecular flexibility index (Phi) is 5.70. The van der Waals surface area contributed by atoms with Gasteiger partial charge < -0.3 is 5.32 Å². The van der Waals surface area contributed by atoms with Gasteiger partial charge in [-0.05, 0) is 37.3 Å². The first-order chi connectivity index (χ1) is 9.12. The van der Waals surface area contributed by atoms with Crippen molar-refractivity contribution in [3.63, 3.8) is 0 Å². The molecule has 2 rings (SSSR count). The molecule has 0 unspecified atom stereocenters. The van der Waals surface area contributed by atoms with E-state index in [0.29, 0.717) is 17.5 Å². The molecule has 0 aromatic carbocycles.